The van der Waals surface area contributed by atoms with E-state index in [4.69, 9.17) is 4.74 Å². The molecule has 1 unspecified atom stereocenters. The molecule has 0 aliphatic heterocycles. The van der Waals surface area contributed by atoms with E-state index >= 15 is 0 Å². The third kappa shape index (κ3) is 2.89. The van der Waals surface area contributed by atoms with Gasteiger partial charge in [-0.15, -0.1) is 11.3 Å². The van der Waals surface area contributed by atoms with Gasteiger partial charge in [-0.25, -0.2) is 0 Å². The van der Waals surface area contributed by atoms with Gasteiger partial charge in [0.1, 0.15) is 0 Å². The topological polar surface area (TPSA) is 38.3 Å². The Kier molecular flexibility index (Phi) is 4.33. The van der Waals surface area contributed by atoms with E-state index in [1.807, 2.05) is 37.3 Å². The van der Waals surface area contributed by atoms with Gasteiger partial charge in [0.2, 0.25) is 0 Å². The Morgan fingerprint density at radius 1 is 1.44 bits per heavy atom. The zero-order chi connectivity index (χ0) is 13.0. The molecular weight excluding hydrogens is 246 g/mol. The van der Waals surface area contributed by atoms with E-state index in [1.165, 1.54) is 11.3 Å². The highest BCUT2D eigenvalue weighted by Gasteiger charge is 2.14. The zero-order valence-electron chi connectivity index (χ0n) is 10.6. The number of methoxy groups -OCH3 is 1. The molecule has 1 heterocycles. The fourth-order valence-corrected chi connectivity index (χ4v) is 2.78. The summed E-state index contributed by atoms with van der Waals surface area (Å²) in [5.41, 5.74) is 0. The van der Waals surface area contributed by atoms with E-state index in [-0.39, 0.29) is 11.9 Å². The first-order chi connectivity index (χ1) is 8.74. The minimum absolute atomic E-state index is 0.0138. The second-order valence-electron chi connectivity index (χ2n) is 4.18. The molecule has 0 spiro atoms. The summed E-state index contributed by atoms with van der Waals surface area (Å²) in [6, 6.07) is 10.0. The molecule has 1 aromatic heterocycles. The predicted molar refractivity (Wildman–Crippen MR) is 75.2 cm³/mol. The van der Waals surface area contributed by atoms with Crippen molar-refractivity contribution in [2.45, 2.75) is 19.4 Å². The molecule has 18 heavy (non-hydrogen) atoms. The van der Waals surface area contributed by atoms with Crippen LogP contribution in [0.5, 0.6) is 0 Å². The number of benzene rings is 1. The molecule has 4 heteroatoms. The van der Waals surface area contributed by atoms with Crippen LogP contribution >= 0.6 is 11.3 Å². The van der Waals surface area contributed by atoms with Gasteiger partial charge in [0.15, 0.2) is 0 Å². The molecule has 1 aromatic carbocycles. The maximum atomic E-state index is 12.1. The number of amides is 1. The normalized spacial score (nSPS) is 12.6. The van der Waals surface area contributed by atoms with Crippen LogP contribution in [0.15, 0.2) is 30.3 Å². The van der Waals surface area contributed by atoms with Crippen LogP contribution in [-0.4, -0.2) is 25.7 Å². The molecule has 0 aliphatic carbocycles. The third-order valence-corrected chi connectivity index (χ3v) is 3.96. The molecule has 0 saturated carbocycles. The molecule has 1 amide bonds. The summed E-state index contributed by atoms with van der Waals surface area (Å²) >= 11 is 1.52. The van der Waals surface area contributed by atoms with Crippen molar-refractivity contribution < 1.29 is 9.53 Å². The monoisotopic (exact) mass is 263 g/mol. The van der Waals surface area contributed by atoms with Crippen LogP contribution in [0.3, 0.4) is 0 Å². The first-order valence-electron chi connectivity index (χ1n) is 6.03. The summed E-state index contributed by atoms with van der Waals surface area (Å²) in [6.07, 6.45) is 0.866. The van der Waals surface area contributed by atoms with Gasteiger partial charge in [-0.2, -0.15) is 0 Å². The Bertz CT molecular complexity index is 502. The molecule has 0 fully saturated rings. The molecule has 0 bridgehead atoms. The fourth-order valence-electron chi connectivity index (χ4n) is 1.81. The number of hydrogen-bond donors (Lipinski definition) is 1. The minimum atomic E-state index is -0.0138. The maximum Gasteiger partial charge on any atom is 0.261 e. The molecule has 1 atom stereocenters. The molecule has 1 N–H and O–H groups in total. The largest absolute Gasteiger partial charge is 0.383 e. The summed E-state index contributed by atoms with van der Waals surface area (Å²) in [5.74, 6) is -0.0138. The highest BCUT2D eigenvalue weighted by molar-refractivity contribution is 7.20. The van der Waals surface area contributed by atoms with Gasteiger partial charge >= 0.3 is 0 Å². The Labute approximate surface area is 111 Å². The van der Waals surface area contributed by atoms with Crippen molar-refractivity contribution in [1.82, 2.24) is 5.32 Å². The van der Waals surface area contributed by atoms with Gasteiger partial charge in [-0.3, -0.25) is 4.79 Å². The van der Waals surface area contributed by atoms with Crippen LogP contribution in [0.1, 0.15) is 23.0 Å². The van der Waals surface area contributed by atoms with Crippen molar-refractivity contribution in [2.75, 3.05) is 13.7 Å². The Balaban J connectivity index is 2.13. The number of carbonyl (C=O) groups excluding carboxylic acids is 1. The number of fused-ring (bicyclic) bond motifs is 1. The number of nitrogens with one attached hydrogen (secondary N) is 1. The van der Waals surface area contributed by atoms with Crippen molar-refractivity contribution >= 4 is 27.3 Å². The lowest BCUT2D eigenvalue weighted by atomic mass is 10.2. The third-order valence-electron chi connectivity index (χ3n) is 2.85. The van der Waals surface area contributed by atoms with Crippen LogP contribution in [0.4, 0.5) is 0 Å². The lowest BCUT2D eigenvalue weighted by Crippen LogP contribution is -2.37. The van der Waals surface area contributed by atoms with Gasteiger partial charge < -0.3 is 10.1 Å². The molecule has 2 rings (SSSR count). The molecule has 3 nitrogen and oxygen atoms in total. The van der Waals surface area contributed by atoms with E-state index in [9.17, 15) is 4.79 Å². The van der Waals surface area contributed by atoms with Gasteiger partial charge in [-0.05, 0) is 23.9 Å². The minimum Gasteiger partial charge on any atom is -0.383 e. The molecule has 0 aliphatic rings. The summed E-state index contributed by atoms with van der Waals surface area (Å²) in [6.45, 7) is 2.59. The summed E-state index contributed by atoms with van der Waals surface area (Å²) < 4.78 is 6.22. The van der Waals surface area contributed by atoms with E-state index in [0.29, 0.717) is 6.61 Å². The van der Waals surface area contributed by atoms with Crippen LogP contribution in [-0.2, 0) is 4.74 Å². The van der Waals surface area contributed by atoms with Gasteiger partial charge in [0, 0.05) is 11.8 Å². The van der Waals surface area contributed by atoms with Crippen LogP contribution in [0, 0.1) is 0 Å². The zero-order valence-corrected chi connectivity index (χ0v) is 11.4. The van der Waals surface area contributed by atoms with E-state index in [1.54, 1.807) is 7.11 Å². The van der Waals surface area contributed by atoms with Crippen molar-refractivity contribution in [3.63, 3.8) is 0 Å². The molecule has 2 aromatic rings. The average molecular weight is 263 g/mol. The van der Waals surface area contributed by atoms with Crippen molar-refractivity contribution in [2.24, 2.45) is 0 Å². The van der Waals surface area contributed by atoms with Crippen molar-refractivity contribution in [3.8, 4) is 0 Å². The Hall–Kier alpha value is -1.39. The number of carbonyl (C=O) groups is 1. The van der Waals surface area contributed by atoms with Crippen LogP contribution in [0.2, 0.25) is 0 Å². The summed E-state index contributed by atoms with van der Waals surface area (Å²) in [5, 5.41) is 4.11. The smallest absolute Gasteiger partial charge is 0.261 e. The van der Waals surface area contributed by atoms with Crippen LogP contribution < -0.4 is 5.32 Å². The summed E-state index contributed by atoms with van der Waals surface area (Å²) in [4.78, 5) is 12.9. The SMILES string of the molecule is CCC(COC)NC(=O)c1cc2ccccc2s1. The molecular formula is C14H17NO2S. The highest BCUT2D eigenvalue weighted by atomic mass is 32.1. The van der Waals surface area contributed by atoms with E-state index < -0.39 is 0 Å². The van der Waals surface area contributed by atoms with Crippen molar-refractivity contribution in [1.29, 1.82) is 0 Å². The standard InChI is InChI=1S/C14H17NO2S/c1-3-11(9-17-2)15-14(16)13-8-10-6-4-5-7-12(10)18-13/h4-8,11H,3,9H2,1-2H3,(H,15,16). The number of rotatable bonds is 5. The van der Waals surface area contributed by atoms with Gasteiger partial charge in [0.25, 0.3) is 5.91 Å². The predicted octanol–water partition coefficient (Wildman–Crippen LogP) is 3.06. The first kappa shape index (κ1) is 13.1. The highest BCUT2D eigenvalue weighted by Crippen LogP contribution is 2.25. The second kappa shape index (κ2) is 5.98. The Morgan fingerprint density at radius 2 is 2.22 bits per heavy atom. The number of hydrogen-bond acceptors (Lipinski definition) is 3. The molecule has 0 radical (unpaired) electrons. The first-order valence-corrected chi connectivity index (χ1v) is 6.84. The number of thiophene rings is 1. The Morgan fingerprint density at radius 3 is 2.89 bits per heavy atom. The second-order valence-corrected chi connectivity index (χ2v) is 5.27. The van der Waals surface area contributed by atoms with Gasteiger partial charge in [-0.1, -0.05) is 25.1 Å². The van der Waals surface area contributed by atoms with E-state index in [0.717, 1.165) is 21.4 Å². The van der Waals surface area contributed by atoms with Crippen LogP contribution in [0.25, 0.3) is 10.1 Å². The summed E-state index contributed by atoms with van der Waals surface area (Å²) in [7, 11) is 1.65. The maximum absolute atomic E-state index is 12.1. The quantitative estimate of drug-likeness (QED) is 0.900. The van der Waals surface area contributed by atoms with E-state index in [2.05, 4.69) is 5.32 Å². The molecule has 0 saturated heterocycles. The number of ether oxygens (including phenoxy) is 1. The fraction of sp³-hybridized carbons (Fsp3) is 0.357. The average Bonchev–Trinajstić information content (AvgIpc) is 2.82. The van der Waals surface area contributed by atoms with Crippen molar-refractivity contribution in [3.05, 3.63) is 35.2 Å². The van der Waals surface area contributed by atoms with Gasteiger partial charge in [0.05, 0.1) is 17.5 Å². The molecule has 96 valence electrons. The lowest BCUT2D eigenvalue weighted by Gasteiger charge is -2.14. The lowest BCUT2D eigenvalue weighted by molar-refractivity contribution is 0.0899.